The Labute approximate surface area is 144 Å². The first-order valence-electron chi connectivity index (χ1n) is 8.77. The maximum absolute atomic E-state index is 4.58. The summed E-state index contributed by atoms with van der Waals surface area (Å²) < 4.78 is 0. The molecule has 0 saturated heterocycles. The number of nitrogens with zero attached hydrogens (tertiary/aromatic N) is 2. The van der Waals surface area contributed by atoms with Crippen LogP contribution in [0.4, 0.5) is 5.69 Å². The molecule has 0 atom stereocenters. The minimum absolute atomic E-state index is 0.920. The molecular formula is C21H25N3. The molecule has 0 aliphatic carbocycles. The largest absolute Gasteiger partial charge is 0.372 e. The van der Waals surface area contributed by atoms with Crippen LogP contribution in [0.3, 0.4) is 0 Å². The van der Waals surface area contributed by atoms with Gasteiger partial charge in [0.25, 0.3) is 0 Å². The Morgan fingerprint density at radius 3 is 2.29 bits per heavy atom. The van der Waals surface area contributed by atoms with Crippen LogP contribution in [0.2, 0.25) is 0 Å². The van der Waals surface area contributed by atoms with E-state index in [0.717, 1.165) is 48.6 Å². The van der Waals surface area contributed by atoms with Gasteiger partial charge in [0, 0.05) is 24.3 Å². The van der Waals surface area contributed by atoms with E-state index in [1.54, 1.807) is 0 Å². The number of hydrogen-bond donors (Lipinski definition) is 1. The van der Waals surface area contributed by atoms with Crippen molar-refractivity contribution in [3.8, 4) is 22.6 Å². The number of H-pyrrole nitrogens is 1. The molecule has 1 aromatic heterocycles. The third-order valence-corrected chi connectivity index (χ3v) is 4.13. The van der Waals surface area contributed by atoms with Gasteiger partial charge >= 0.3 is 0 Å². The lowest BCUT2D eigenvalue weighted by atomic mass is 10.1. The molecule has 0 aliphatic heterocycles. The van der Waals surface area contributed by atoms with Gasteiger partial charge in [-0.2, -0.15) is 0 Å². The number of rotatable bonds is 7. The molecule has 0 unspecified atom stereocenters. The minimum atomic E-state index is 0.920. The maximum Gasteiger partial charge on any atom is 0.137 e. The summed E-state index contributed by atoms with van der Waals surface area (Å²) in [6.45, 7) is 6.63. The van der Waals surface area contributed by atoms with Crippen molar-refractivity contribution >= 4 is 5.69 Å². The molecule has 24 heavy (non-hydrogen) atoms. The van der Waals surface area contributed by atoms with E-state index in [2.05, 4.69) is 65.1 Å². The molecular weight excluding hydrogens is 294 g/mol. The van der Waals surface area contributed by atoms with Gasteiger partial charge in [-0.1, -0.05) is 56.3 Å². The van der Waals surface area contributed by atoms with E-state index in [4.69, 9.17) is 0 Å². The lowest BCUT2D eigenvalue weighted by Gasteiger charge is -2.24. The lowest BCUT2D eigenvalue weighted by molar-refractivity contribution is 0.745. The Morgan fingerprint density at radius 2 is 1.58 bits per heavy atom. The first-order chi connectivity index (χ1) is 11.8. The molecule has 124 valence electrons. The molecule has 0 bridgehead atoms. The highest BCUT2D eigenvalue weighted by molar-refractivity contribution is 5.67. The molecule has 3 aromatic rings. The van der Waals surface area contributed by atoms with Crippen LogP contribution in [0, 0.1) is 0 Å². The van der Waals surface area contributed by atoms with Gasteiger partial charge < -0.3 is 9.88 Å². The number of anilines is 1. The average Bonchev–Trinajstić information content (AvgIpc) is 3.13. The fourth-order valence-corrected chi connectivity index (χ4v) is 2.99. The summed E-state index contributed by atoms with van der Waals surface area (Å²) >= 11 is 0. The Balaban J connectivity index is 1.88. The van der Waals surface area contributed by atoms with Gasteiger partial charge in [0.2, 0.25) is 0 Å². The highest BCUT2D eigenvalue weighted by Crippen LogP contribution is 2.25. The summed E-state index contributed by atoms with van der Waals surface area (Å²) in [6.07, 6.45) is 4.22. The van der Waals surface area contributed by atoms with Crippen molar-refractivity contribution in [2.75, 3.05) is 18.0 Å². The maximum atomic E-state index is 4.58. The number of imidazole rings is 1. The van der Waals surface area contributed by atoms with E-state index < -0.39 is 0 Å². The second-order valence-corrected chi connectivity index (χ2v) is 6.05. The molecule has 0 fully saturated rings. The summed E-state index contributed by atoms with van der Waals surface area (Å²) in [5, 5.41) is 0. The smallest absolute Gasteiger partial charge is 0.137 e. The molecule has 3 rings (SSSR count). The summed E-state index contributed by atoms with van der Waals surface area (Å²) in [5.41, 5.74) is 4.61. The van der Waals surface area contributed by atoms with Crippen LogP contribution < -0.4 is 4.90 Å². The molecule has 1 N–H and O–H groups in total. The van der Waals surface area contributed by atoms with Crippen molar-refractivity contribution in [1.29, 1.82) is 0 Å². The fraction of sp³-hybridized carbons (Fsp3) is 0.286. The Bertz CT molecular complexity index is 756. The number of nitrogens with one attached hydrogen (secondary N) is 1. The average molecular weight is 319 g/mol. The highest BCUT2D eigenvalue weighted by atomic mass is 15.1. The third kappa shape index (κ3) is 3.67. The molecule has 0 spiro atoms. The van der Waals surface area contributed by atoms with Crippen LogP contribution in [0.1, 0.15) is 26.7 Å². The SMILES string of the molecule is CCCN(CCC)c1cccc(-c2ncc(-c3ccccc3)[nH]2)c1. The molecule has 0 aliphatic rings. The lowest BCUT2D eigenvalue weighted by Crippen LogP contribution is -2.24. The minimum Gasteiger partial charge on any atom is -0.372 e. The quantitative estimate of drug-likeness (QED) is 0.635. The first kappa shape index (κ1) is 16.3. The number of hydrogen-bond acceptors (Lipinski definition) is 2. The number of aromatic nitrogens is 2. The van der Waals surface area contributed by atoms with Crippen LogP contribution in [0.25, 0.3) is 22.6 Å². The van der Waals surface area contributed by atoms with Crippen LogP contribution in [0.15, 0.2) is 60.8 Å². The van der Waals surface area contributed by atoms with Gasteiger partial charge in [-0.3, -0.25) is 0 Å². The summed E-state index contributed by atoms with van der Waals surface area (Å²) in [6, 6.07) is 19.0. The number of aromatic amines is 1. The molecule has 0 saturated carbocycles. The van der Waals surface area contributed by atoms with Crippen LogP contribution >= 0.6 is 0 Å². The zero-order valence-corrected chi connectivity index (χ0v) is 14.5. The molecule has 0 amide bonds. The second-order valence-electron chi connectivity index (χ2n) is 6.05. The van der Waals surface area contributed by atoms with Crippen molar-refractivity contribution in [3.05, 3.63) is 60.8 Å². The van der Waals surface area contributed by atoms with E-state index in [1.165, 1.54) is 5.69 Å². The number of benzene rings is 2. The predicted octanol–water partition coefficient (Wildman–Crippen LogP) is 5.37. The zero-order chi connectivity index (χ0) is 16.8. The van der Waals surface area contributed by atoms with Crippen molar-refractivity contribution in [2.45, 2.75) is 26.7 Å². The fourth-order valence-electron chi connectivity index (χ4n) is 2.99. The van der Waals surface area contributed by atoms with Crippen molar-refractivity contribution in [3.63, 3.8) is 0 Å². The topological polar surface area (TPSA) is 31.9 Å². The molecule has 3 heteroatoms. The third-order valence-electron chi connectivity index (χ3n) is 4.13. The Hall–Kier alpha value is -2.55. The Kier molecular flexibility index (Phi) is 5.32. The molecule has 0 radical (unpaired) electrons. The van der Waals surface area contributed by atoms with Crippen LogP contribution in [-0.2, 0) is 0 Å². The Morgan fingerprint density at radius 1 is 0.875 bits per heavy atom. The monoisotopic (exact) mass is 319 g/mol. The standard InChI is InChI=1S/C21H25N3/c1-3-13-24(14-4-2)19-12-8-11-18(15-19)21-22-16-20(23-21)17-9-6-5-7-10-17/h5-12,15-16H,3-4,13-14H2,1-2H3,(H,22,23). The van der Waals surface area contributed by atoms with Gasteiger partial charge in [0.1, 0.15) is 5.82 Å². The molecule has 2 aromatic carbocycles. The van der Waals surface area contributed by atoms with E-state index in [-0.39, 0.29) is 0 Å². The van der Waals surface area contributed by atoms with E-state index in [0.29, 0.717) is 0 Å². The normalized spacial score (nSPS) is 10.8. The van der Waals surface area contributed by atoms with Gasteiger partial charge in [-0.15, -0.1) is 0 Å². The van der Waals surface area contributed by atoms with E-state index in [1.807, 2.05) is 24.4 Å². The summed E-state index contributed by atoms with van der Waals surface area (Å²) in [5.74, 6) is 0.920. The van der Waals surface area contributed by atoms with Gasteiger partial charge in [0.15, 0.2) is 0 Å². The van der Waals surface area contributed by atoms with Crippen LogP contribution in [-0.4, -0.2) is 23.1 Å². The van der Waals surface area contributed by atoms with Gasteiger partial charge in [-0.25, -0.2) is 4.98 Å². The zero-order valence-electron chi connectivity index (χ0n) is 14.5. The van der Waals surface area contributed by atoms with E-state index >= 15 is 0 Å². The predicted molar refractivity (Wildman–Crippen MR) is 102 cm³/mol. The highest BCUT2D eigenvalue weighted by Gasteiger charge is 2.09. The second kappa shape index (κ2) is 7.82. The first-order valence-corrected chi connectivity index (χ1v) is 8.77. The van der Waals surface area contributed by atoms with E-state index in [9.17, 15) is 0 Å². The summed E-state index contributed by atoms with van der Waals surface area (Å²) in [7, 11) is 0. The van der Waals surface area contributed by atoms with Crippen molar-refractivity contribution in [1.82, 2.24) is 9.97 Å². The van der Waals surface area contributed by atoms with Crippen LogP contribution in [0.5, 0.6) is 0 Å². The molecule has 1 heterocycles. The van der Waals surface area contributed by atoms with Gasteiger partial charge in [-0.05, 0) is 30.5 Å². The van der Waals surface area contributed by atoms with Crippen molar-refractivity contribution in [2.24, 2.45) is 0 Å². The molecule has 3 nitrogen and oxygen atoms in total. The summed E-state index contributed by atoms with van der Waals surface area (Å²) in [4.78, 5) is 10.5. The van der Waals surface area contributed by atoms with Gasteiger partial charge in [0.05, 0.1) is 11.9 Å². The van der Waals surface area contributed by atoms with Crippen molar-refractivity contribution < 1.29 is 0 Å².